The van der Waals surface area contributed by atoms with Crippen LogP contribution in [-0.2, 0) is 14.3 Å². The van der Waals surface area contributed by atoms with Crippen LogP contribution in [0.5, 0.6) is 0 Å². The van der Waals surface area contributed by atoms with Gasteiger partial charge in [-0.15, -0.1) is 0 Å². The molecule has 0 aromatic heterocycles. The topological polar surface area (TPSA) is 76.8 Å². The molecule has 0 bridgehead atoms. The molecule has 18 heavy (non-hydrogen) atoms. The molecule has 0 radical (unpaired) electrons. The van der Waals surface area contributed by atoms with Crippen LogP contribution in [0.3, 0.4) is 0 Å². The molecule has 0 aromatic rings. The van der Waals surface area contributed by atoms with Crippen molar-refractivity contribution in [3.8, 4) is 0 Å². The molecule has 1 amide bonds. The molecule has 0 aliphatic carbocycles. The largest absolute Gasteiger partial charge is 0.378 e. The van der Waals surface area contributed by atoms with E-state index in [1.165, 1.54) is 0 Å². The zero-order valence-electron chi connectivity index (χ0n) is 11.4. The summed E-state index contributed by atoms with van der Waals surface area (Å²) in [6.45, 7) is 8.10. The first kappa shape index (κ1) is 15.4. The van der Waals surface area contributed by atoms with Crippen molar-refractivity contribution in [3.05, 3.63) is 0 Å². The van der Waals surface area contributed by atoms with E-state index in [0.717, 1.165) is 6.54 Å². The summed E-state index contributed by atoms with van der Waals surface area (Å²) in [7, 11) is 0. The SMILES string of the molecule is CCNC(=O)C1COCCN1CC(CN)OCC. The van der Waals surface area contributed by atoms with Gasteiger partial charge in [-0.2, -0.15) is 0 Å². The molecule has 106 valence electrons. The number of morpholine rings is 1. The number of nitrogens with two attached hydrogens (primary N) is 1. The summed E-state index contributed by atoms with van der Waals surface area (Å²) in [5.74, 6) is 0.0180. The van der Waals surface area contributed by atoms with E-state index in [4.69, 9.17) is 15.2 Å². The summed E-state index contributed by atoms with van der Waals surface area (Å²) >= 11 is 0. The van der Waals surface area contributed by atoms with Crippen LogP contribution in [0.25, 0.3) is 0 Å². The Kier molecular flexibility index (Phi) is 7.19. The number of hydrogen-bond acceptors (Lipinski definition) is 5. The third-order valence-electron chi connectivity index (χ3n) is 3.00. The van der Waals surface area contributed by atoms with Gasteiger partial charge < -0.3 is 20.5 Å². The van der Waals surface area contributed by atoms with Gasteiger partial charge in [-0.25, -0.2) is 0 Å². The third-order valence-corrected chi connectivity index (χ3v) is 3.00. The van der Waals surface area contributed by atoms with Crippen molar-refractivity contribution in [2.24, 2.45) is 5.73 Å². The van der Waals surface area contributed by atoms with Crippen LogP contribution >= 0.6 is 0 Å². The maximum absolute atomic E-state index is 11.9. The summed E-state index contributed by atoms with van der Waals surface area (Å²) in [4.78, 5) is 14.0. The van der Waals surface area contributed by atoms with Gasteiger partial charge in [0.1, 0.15) is 6.04 Å². The van der Waals surface area contributed by atoms with Crippen molar-refractivity contribution in [3.63, 3.8) is 0 Å². The minimum atomic E-state index is -0.229. The summed E-state index contributed by atoms with van der Waals surface area (Å²) in [5.41, 5.74) is 5.67. The number of nitrogens with zero attached hydrogens (tertiary/aromatic N) is 1. The number of hydrogen-bond donors (Lipinski definition) is 2. The Morgan fingerprint density at radius 2 is 2.39 bits per heavy atom. The number of amides is 1. The maximum atomic E-state index is 11.9. The van der Waals surface area contributed by atoms with Gasteiger partial charge in [0.2, 0.25) is 5.91 Å². The number of ether oxygens (including phenoxy) is 2. The van der Waals surface area contributed by atoms with Crippen LogP contribution in [0.4, 0.5) is 0 Å². The molecule has 1 aliphatic heterocycles. The second-order valence-corrected chi connectivity index (χ2v) is 4.29. The monoisotopic (exact) mass is 259 g/mol. The highest BCUT2D eigenvalue weighted by Crippen LogP contribution is 2.09. The number of rotatable bonds is 7. The van der Waals surface area contributed by atoms with E-state index in [0.29, 0.717) is 39.5 Å². The van der Waals surface area contributed by atoms with E-state index < -0.39 is 0 Å². The third kappa shape index (κ3) is 4.53. The van der Waals surface area contributed by atoms with E-state index in [1.807, 2.05) is 13.8 Å². The van der Waals surface area contributed by atoms with Crippen molar-refractivity contribution in [2.45, 2.75) is 26.0 Å². The van der Waals surface area contributed by atoms with Crippen molar-refractivity contribution < 1.29 is 14.3 Å². The molecule has 2 atom stereocenters. The predicted octanol–water partition coefficient (Wildman–Crippen LogP) is -0.813. The van der Waals surface area contributed by atoms with E-state index in [1.54, 1.807) is 0 Å². The number of nitrogens with one attached hydrogen (secondary N) is 1. The van der Waals surface area contributed by atoms with Crippen LogP contribution in [0, 0.1) is 0 Å². The lowest BCUT2D eigenvalue weighted by Crippen LogP contribution is -2.56. The molecule has 2 unspecified atom stereocenters. The summed E-state index contributed by atoms with van der Waals surface area (Å²) in [6.07, 6.45) is -0.0231. The summed E-state index contributed by atoms with van der Waals surface area (Å²) in [6, 6.07) is -0.229. The molecule has 3 N–H and O–H groups in total. The first-order valence-corrected chi connectivity index (χ1v) is 6.64. The quantitative estimate of drug-likeness (QED) is 0.625. The molecular formula is C12H25N3O3. The Morgan fingerprint density at radius 3 is 3.00 bits per heavy atom. The zero-order chi connectivity index (χ0) is 13.4. The van der Waals surface area contributed by atoms with Crippen molar-refractivity contribution in [1.82, 2.24) is 10.2 Å². The average molecular weight is 259 g/mol. The Bertz CT molecular complexity index is 251. The van der Waals surface area contributed by atoms with Crippen LogP contribution in [0.2, 0.25) is 0 Å². The lowest BCUT2D eigenvalue weighted by atomic mass is 10.2. The second-order valence-electron chi connectivity index (χ2n) is 4.29. The highest BCUT2D eigenvalue weighted by atomic mass is 16.5. The fourth-order valence-corrected chi connectivity index (χ4v) is 2.08. The van der Waals surface area contributed by atoms with Crippen molar-refractivity contribution in [2.75, 3.05) is 46.0 Å². The van der Waals surface area contributed by atoms with Gasteiger partial charge in [0.25, 0.3) is 0 Å². The van der Waals surface area contributed by atoms with Gasteiger partial charge in [-0.3, -0.25) is 9.69 Å². The van der Waals surface area contributed by atoms with Gasteiger partial charge in [0.05, 0.1) is 19.3 Å². The van der Waals surface area contributed by atoms with Gasteiger partial charge in [0.15, 0.2) is 0 Å². The molecule has 1 fully saturated rings. The van der Waals surface area contributed by atoms with Crippen LogP contribution in [-0.4, -0.2) is 69.0 Å². The van der Waals surface area contributed by atoms with E-state index in [9.17, 15) is 4.79 Å². The lowest BCUT2D eigenvalue weighted by molar-refractivity contribution is -0.133. The highest BCUT2D eigenvalue weighted by Gasteiger charge is 2.30. The molecule has 0 spiro atoms. The fraction of sp³-hybridized carbons (Fsp3) is 0.917. The van der Waals surface area contributed by atoms with Gasteiger partial charge in [-0.1, -0.05) is 0 Å². The Balaban J connectivity index is 2.55. The van der Waals surface area contributed by atoms with Crippen molar-refractivity contribution in [1.29, 1.82) is 0 Å². The predicted molar refractivity (Wildman–Crippen MR) is 69.3 cm³/mol. The molecule has 0 aromatic carbocycles. The molecule has 1 aliphatic rings. The van der Waals surface area contributed by atoms with Gasteiger partial charge in [0, 0.05) is 32.8 Å². The zero-order valence-corrected chi connectivity index (χ0v) is 11.4. The van der Waals surface area contributed by atoms with Crippen LogP contribution in [0.1, 0.15) is 13.8 Å². The smallest absolute Gasteiger partial charge is 0.239 e. The molecule has 1 heterocycles. The van der Waals surface area contributed by atoms with Crippen LogP contribution < -0.4 is 11.1 Å². The minimum Gasteiger partial charge on any atom is -0.378 e. The number of carbonyl (C=O) groups is 1. The molecule has 1 saturated heterocycles. The Labute approximate surface area is 109 Å². The second kappa shape index (κ2) is 8.42. The lowest BCUT2D eigenvalue weighted by Gasteiger charge is -2.36. The Hall–Kier alpha value is -0.690. The molecule has 0 saturated carbocycles. The fourth-order valence-electron chi connectivity index (χ4n) is 2.08. The molecule has 6 heteroatoms. The van der Waals surface area contributed by atoms with Crippen LogP contribution in [0.15, 0.2) is 0 Å². The standard InChI is InChI=1S/C12H25N3O3/c1-3-14-12(16)11-9-17-6-5-15(11)8-10(7-13)18-4-2/h10-11H,3-9,13H2,1-2H3,(H,14,16). The number of carbonyl (C=O) groups excluding carboxylic acids is 1. The highest BCUT2D eigenvalue weighted by molar-refractivity contribution is 5.81. The summed E-state index contributed by atoms with van der Waals surface area (Å²) in [5, 5.41) is 2.84. The Morgan fingerprint density at radius 1 is 1.61 bits per heavy atom. The van der Waals surface area contributed by atoms with E-state index in [2.05, 4.69) is 10.2 Å². The van der Waals surface area contributed by atoms with Gasteiger partial charge in [-0.05, 0) is 13.8 Å². The van der Waals surface area contributed by atoms with E-state index >= 15 is 0 Å². The summed E-state index contributed by atoms with van der Waals surface area (Å²) < 4.78 is 10.9. The molecule has 1 rings (SSSR count). The van der Waals surface area contributed by atoms with Gasteiger partial charge >= 0.3 is 0 Å². The normalized spacial score (nSPS) is 22.7. The van der Waals surface area contributed by atoms with Crippen molar-refractivity contribution >= 4 is 5.91 Å². The van der Waals surface area contributed by atoms with E-state index in [-0.39, 0.29) is 18.1 Å². The first-order valence-electron chi connectivity index (χ1n) is 6.64. The molecule has 6 nitrogen and oxygen atoms in total. The number of likely N-dealkylation sites (N-methyl/N-ethyl adjacent to an activating group) is 1. The molecular weight excluding hydrogens is 234 g/mol. The maximum Gasteiger partial charge on any atom is 0.239 e. The first-order chi connectivity index (χ1) is 8.72. The minimum absolute atomic E-state index is 0.0180. The average Bonchev–Trinajstić information content (AvgIpc) is 2.39.